The van der Waals surface area contributed by atoms with Gasteiger partial charge in [-0.05, 0) is 51.7 Å². The van der Waals surface area contributed by atoms with Gasteiger partial charge >= 0.3 is 0 Å². The van der Waals surface area contributed by atoms with Crippen LogP contribution >= 0.6 is 0 Å². The summed E-state index contributed by atoms with van der Waals surface area (Å²) in [6.07, 6.45) is 5.35. The van der Waals surface area contributed by atoms with E-state index >= 15 is 0 Å². The Labute approximate surface area is 101 Å². The molecule has 1 heterocycles. The van der Waals surface area contributed by atoms with Crippen LogP contribution in [0.1, 0.15) is 39.5 Å². The Bertz CT molecular complexity index is 211. The van der Waals surface area contributed by atoms with E-state index in [1.54, 1.807) is 0 Å². The molecule has 0 radical (unpaired) electrons. The van der Waals surface area contributed by atoms with Gasteiger partial charge in [-0.3, -0.25) is 0 Å². The van der Waals surface area contributed by atoms with Gasteiger partial charge in [-0.15, -0.1) is 0 Å². The molecule has 0 unspecified atom stereocenters. The highest BCUT2D eigenvalue weighted by Gasteiger charge is 2.31. The van der Waals surface area contributed by atoms with Crippen LogP contribution in [0.3, 0.4) is 0 Å². The summed E-state index contributed by atoms with van der Waals surface area (Å²) in [5.74, 6) is 0. The molecule has 0 bridgehead atoms. The van der Waals surface area contributed by atoms with E-state index in [-0.39, 0.29) is 0 Å². The molecule has 0 aromatic carbocycles. The van der Waals surface area contributed by atoms with Crippen molar-refractivity contribution in [2.45, 2.75) is 39.5 Å². The molecule has 2 heteroatoms. The zero-order valence-corrected chi connectivity index (χ0v) is 11.3. The normalized spacial score (nSPS) is 20.0. The fraction of sp³-hybridized carbons (Fsp3) is 0.857. The highest BCUT2D eigenvalue weighted by molar-refractivity contribution is 4.94. The SMILES string of the molecule is C=C(C)CN(C)CC1(CCC)CCNCC1. The van der Waals surface area contributed by atoms with Crippen molar-refractivity contribution in [2.75, 3.05) is 33.2 Å². The van der Waals surface area contributed by atoms with Crippen molar-refractivity contribution in [3.05, 3.63) is 12.2 Å². The number of likely N-dealkylation sites (N-methyl/N-ethyl adjacent to an activating group) is 1. The Hall–Kier alpha value is -0.340. The van der Waals surface area contributed by atoms with E-state index in [9.17, 15) is 0 Å². The van der Waals surface area contributed by atoms with Gasteiger partial charge in [-0.25, -0.2) is 0 Å². The predicted molar refractivity (Wildman–Crippen MR) is 71.8 cm³/mol. The molecule has 1 aliphatic heterocycles. The fourth-order valence-corrected chi connectivity index (χ4v) is 3.06. The van der Waals surface area contributed by atoms with E-state index in [2.05, 4.69) is 37.7 Å². The molecule has 94 valence electrons. The average Bonchev–Trinajstić information content (AvgIpc) is 2.17. The molecule has 1 aliphatic rings. The second-order valence-corrected chi connectivity index (χ2v) is 5.63. The zero-order valence-electron chi connectivity index (χ0n) is 11.3. The molecule has 16 heavy (non-hydrogen) atoms. The van der Waals surface area contributed by atoms with Crippen molar-refractivity contribution < 1.29 is 0 Å². The first kappa shape index (κ1) is 13.7. The molecular weight excluding hydrogens is 196 g/mol. The molecule has 1 fully saturated rings. The average molecular weight is 224 g/mol. The minimum Gasteiger partial charge on any atom is -0.317 e. The molecule has 1 N–H and O–H groups in total. The number of hydrogen-bond donors (Lipinski definition) is 1. The van der Waals surface area contributed by atoms with Crippen molar-refractivity contribution >= 4 is 0 Å². The monoisotopic (exact) mass is 224 g/mol. The molecule has 0 aromatic rings. The molecule has 0 aliphatic carbocycles. The lowest BCUT2D eigenvalue weighted by molar-refractivity contribution is 0.121. The standard InChI is InChI=1S/C14H28N2/c1-5-6-14(7-9-15-10-8-14)12-16(4)11-13(2)3/h15H,2,5-12H2,1,3-4H3. The Balaban J connectivity index is 2.52. The van der Waals surface area contributed by atoms with Crippen LogP contribution in [0.25, 0.3) is 0 Å². The van der Waals surface area contributed by atoms with Crippen LogP contribution in [0, 0.1) is 5.41 Å². The second kappa shape index (κ2) is 6.41. The van der Waals surface area contributed by atoms with Gasteiger partial charge < -0.3 is 10.2 Å². The van der Waals surface area contributed by atoms with Gasteiger partial charge in [0.15, 0.2) is 0 Å². The summed E-state index contributed by atoms with van der Waals surface area (Å²) < 4.78 is 0. The minimum absolute atomic E-state index is 0.560. The number of hydrogen-bond acceptors (Lipinski definition) is 2. The summed E-state index contributed by atoms with van der Waals surface area (Å²) in [6, 6.07) is 0. The fourth-order valence-electron chi connectivity index (χ4n) is 3.06. The quantitative estimate of drug-likeness (QED) is 0.698. The van der Waals surface area contributed by atoms with E-state index in [0.717, 1.165) is 6.54 Å². The zero-order chi connectivity index (χ0) is 12.0. The topological polar surface area (TPSA) is 15.3 Å². The van der Waals surface area contributed by atoms with Crippen LogP contribution in [0.4, 0.5) is 0 Å². The van der Waals surface area contributed by atoms with Crippen LogP contribution in [0.5, 0.6) is 0 Å². The van der Waals surface area contributed by atoms with Crippen LogP contribution in [-0.4, -0.2) is 38.1 Å². The van der Waals surface area contributed by atoms with Crippen LogP contribution < -0.4 is 5.32 Å². The highest BCUT2D eigenvalue weighted by Crippen LogP contribution is 2.34. The first-order valence-corrected chi connectivity index (χ1v) is 6.62. The molecule has 0 amide bonds. The first-order chi connectivity index (χ1) is 7.58. The van der Waals surface area contributed by atoms with Gasteiger partial charge in [0.25, 0.3) is 0 Å². The summed E-state index contributed by atoms with van der Waals surface area (Å²) in [5, 5.41) is 3.48. The Morgan fingerprint density at radius 1 is 1.38 bits per heavy atom. The highest BCUT2D eigenvalue weighted by atomic mass is 15.1. The molecule has 2 nitrogen and oxygen atoms in total. The van der Waals surface area contributed by atoms with Gasteiger partial charge in [0.1, 0.15) is 0 Å². The largest absolute Gasteiger partial charge is 0.317 e. The van der Waals surface area contributed by atoms with E-state index in [4.69, 9.17) is 0 Å². The number of nitrogens with zero attached hydrogens (tertiary/aromatic N) is 1. The Morgan fingerprint density at radius 3 is 2.50 bits per heavy atom. The maximum absolute atomic E-state index is 4.00. The third kappa shape index (κ3) is 4.26. The summed E-state index contributed by atoms with van der Waals surface area (Å²) in [6.45, 7) is 13.1. The minimum atomic E-state index is 0.560. The summed E-state index contributed by atoms with van der Waals surface area (Å²) in [7, 11) is 2.23. The lowest BCUT2D eigenvalue weighted by Gasteiger charge is -2.40. The lowest BCUT2D eigenvalue weighted by Crippen LogP contribution is -2.44. The molecule has 1 saturated heterocycles. The van der Waals surface area contributed by atoms with Crippen molar-refractivity contribution in [3.63, 3.8) is 0 Å². The maximum Gasteiger partial charge on any atom is 0.0184 e. The number of nitrogens with one attached hydrogen (secondary N) is 1. The maximum atomic E-state index is 4.00. The predicted octanol–water partition coefficient (Wildman–Crippen LogP) is 2.66. The first-order valence-electron chi connectivity index (χ1n) is 6.62. The Kier molecular flexibility index (Phi) is 5.50. The third-order valence-corrected chi connectivity index (χ3v) is 3.59. The molecule has 0 atom stereocenters. The molecule has 1 rings (SSSR count). The van der Waals surface area contributed by atoms with Gasteiger partial charge in [-0.2, -0.15) is 0 Å². The summed E-state index contributed by atoms with van der Waals surface area (Å²) in [5.41, 5.74) is 1.83. The van der Waals surface area contributed by atoms with E-state index < -0.39 is 0 Å². The second-order valence-electron chi connectivity index (χ2n) is 5.63. The van der Waals surface area contributed by atoms with Crippen molar-refractivity contribution in [2.24, 2.45) is 5.41 Å². The third-order valence-electron chi connectivity index (χ3n) is 3.59. The van der Waals surface area contributed by atoms with Crippen LogP contribution in [-0.2, 0) is 0 Å². The molecular formula is C14H28N2. The summed E-state index contributed by atoms with van der Waals surface area (Å²) >= 11 is 0. The van der Waals surface area contributed by atoms with Crippen molar-refractivity contribution in [1.29, 1.82) is 0 Å². The van der Waals surface area contributed by atoms with E-state index in [0.29, 0.717) is 5.41 Å². The van der Waals surface area contributed by atoms with Gasteiger partial charge in [0.05, 0.1) is 0 Å². The van der Waals surface area contributed by atoms with Crippen LogP contribution in [0.15, 0.2) is 12.2 Å². The summed E-state index contributed by atoms with van der Waals surface area (Å²) in [4.78, 5) is 2.45. The van der Waals surface area contributed by atoms with Crippen molar-refractivity contribution in [3.8, 4) is 0 Å². The van der Waals surface area contributed by atoms with Gasteiger partial charge in [0.2, 0.25) is 0 Å². The number of rotatable bonds is 6. The Morgan fingerprint density at radius 2 is 2.00 bits per heavy atom. The van der Waals surface area contributed by atoms with E-state index in [1.165, 1.54) is 50.9 Å². The van der Waals surface area contributed by atoms with Gasteiger partial charge in [0, 0.05) is 13.1 Å². The lowest BCUT2D eigenvalue weighted by atomic mass is 9.75. The van der Waals surface area contributed by atoms with Crippen LogP contribution in [0.2, 0.25) is 0 Å². The van der Waals surface area contributed by atoms with E-state index in [1.807, 2.05) is 0 Å². The molecule has 0 saturated carbocycles. The molecule has 0 spiro atoms. The molecule has 0 aromatic heterocycles. The van der Waals surface area contributed by atoms with Crippen molar-refractivity contribution in [1.82, 2.24) is 10.2 Å². The van der Waals surface area contributed by atoms with Gasteiger partial charge in [-0.1, -0.05) is 25.5 Å². The smallest absolute Gasteiger partial charge is 0.0184 e. The number of piperidine rings is 1.